The maximum absolute atomic E-state index is 13.0. The van der Waals surface area contributed by atoms with Crippen molar-refractivity contribution in [3.63, 3.8) is 0 Å². The number of nitrogens with zero attached hydrogens (tertiary/aromatic N) is 2. The molecule has 0 atom stereocenters. The van der Waals surface area contributed by atoms with Gasteiger partial charge in [0.2, 0.25) is 0 Å². The molecule has 0 saturated heterocycles. The Morgan fingerprint density at radius 1 is 1.22 bits per heavy atom. The van der Waals surface area contributed by atoms with Crippen LogP contribution in [0.4, 0.5) is 4.39 Å². The molecular formula is C17H13ClFN3O. The zero-order valence-electron chi connectivity index (χ0n) is 12.0. The van der Waals surface area contributed by atoms with Crippen LogP contribution in [0.1, 0.15) is 15.9 Å². The fourth-order valence-electron chi connectivity index (χ4n) is 2.12. The molecule has 116 valence electrons. The lowest BCUT2D eigenvalue weighted by Crippen LogP contribution is -2.22. The molecule has 3 rings (SSSR count). The van der Waals surface area contributed by atoms with Crippen LogP contribution in [0.3, 0.4) is 0 Å². The van der Waals surface area contributed by atoms with E-state index in [1.165, 1.54) is 12.1 Å². The van der Waals surface area contributed by atoms with Crippen molar-refractivity contribution in [3.8, 4) is 5.69 Å². The highest BCUT2D eigenvalue weighted by Crippen LogP contribution is 2.17. The normalized spacial score (nSPS) is 10.5. The maximum Gasteiger partial charge on any atom is 0.253 e. The summed E-state index contributed by atoms with van der Waals surface area (Å²) < 4.78 is 14.7. The Kier molecular flexibility index (Phi) is 4.39. The zero-order chi connectivity index (χ0) is 16.2. The minimum atomic E-state index is -0.476. The molecule has 1 heterocycles. The molecule has 0 spiro atoms. The summed E-state index contributed by atoms with van der Waals surface area (Å²) in [5, 5.41) is 7.08. The summed E-state index contributed by atoms with van der Waals surface area (Å²) in [5.41, 5.74) is 2.02. The number of aromatic nitrogens is 2. The quantitative estimate of drug-likeness (QED) is 0.795. The van der Waals surface area contributed by atoms with Crippen LogP contribution in [-0.2, 0) is 6.54 Å². The SMILES string of the molecule is O=C(NCc1cnn(-c2ccccc2)c1)c1ccc(F)cc1Cl. The Morgan fingerprint density at radius 3 is 2.74 bits per heavy atom. The fraction of sp³-hybridized carbons (Fsp3) is 0.0588. The van der Waals surface area contributed by atoms with Crippen molar-refractivity contribution in [2.24, 2.45) is 0 Å². The smallest absolute Gasteiger partial charge is 0.253 e. The molecule has 0 aliphatic rings. The van der Waals surface area contributed by atoms with Gasteiger partial charge in [-0.25, -0.2) is 9.07 Å². The van der Waals surface area contributed by atoms with Crippen LogP contribution in [0.15, 0.2) is 60.9 Å². The van der Waals surface area contributed by atoms with Gasteiger partial charge in [0, 0.05) is 18.3 Å². The van der Waals surface area contributed by atoms with E-state index in [9.17, 15) is 9.18 Å². The summed E-state index contributed by atoms with van der Waals surface area (Å²) in [4.78, 5) is 12.1. The van der Waals surface area contributed by atoms with Gasteiger partial charge in [-0.2, -0.15) is 5.10 Å². The average Bonchev–Trinajstić information content (AvgIpc) is 3.02. The Hall–Kier alpha value is -2.66. The number of halogens is 2. The summed E-state index contributed by atoms with van der Waals surface area (Å²) in [6.07, 6.45) is 3.52. The van der Waals surface area contributed by atoms with Gasteiger partial charge in [-0.1, -0.05) is 29.8 Å². The molecular weight excluding hydrogens is 317 g/mol. The number of para-hydroxylation sites is 1. The van der Waals surface area contributed by atoms with E-state index in [0.29, 0.717) is 6.54 Å². The topological polar surface area (TPSA) is 46.9 Å². The first-order valence-electron chi connectivity index (χ1n) is 6.96. The largest absolute Gasteiger partial charge is 0.348 e. The van der Waals surface area contributed by atoms with Gasteiger partial charge in [-0.05, 0) is 30.3 Å². The monoisotopic (exact) mass is 329 g/mol. The minimum absolute atomic E-state index is 0.0856. The maximum atomic E-state index is 13.0. The second-order valence-corrected chi connectivity index (χ2v) is 5.34. The van der Waals surface area contributed by atoms with E-state index < -0.39 is 5.82 Å². The van der Waals surface area contributed by atoms with Crippen molar-refractivity contribution in [2.75, 3.05) is 0 Å². The standard InChI is InChI=1S/C17H13ClFN3O/c18-16-8-13(19)6-7-15(16)17(23)20-9-12-10-21-22(11-12)14-4-2-1-3-5-14/h1-8,10-11H,9H2,(H,20,23). The highest BCUT2D eigenvalue weighted by atomic mass is 35.5. The zero-order valence-corrected chi connectivity index (χ0v) is 12.8. The molecule has 0 aliphatic carbocycles. The number of amides is 1. The molecule has 23 heavy (non-hydrogen) atoms. The lowest BCUT2D eigenvalue weighted by atomic mass is 10.2. The van der Waals surface area contributed by atoms with Crippen LogP contribution >= 0.6 is 11.6 Å². The molecule has 0 radical (unpaired) electrons. The van der Waals surface area contributed by atoms with Crippen molar-refractivity contribution in [1.82, 2.24) is 15.1 Å². The van der Waals surface area contributed by atoms with E-state index in [1.807, 2.05) is 36.5 Å². The average molecular weight is 330 g/mol. The predicted molar refractivity (Wildman–Crippen MR) is 86.1 cm³/mol. The molecule has 0 unspecified atom stereocenters. The Morgan fingerprint density at radius 2 is 2.00 bits per heavy atom. The fourth-order valence-corrected chi connectivity index (χ4v) is 2.38. The van der Waals surface area contributed by atoms with Crippen molar-refractivity contribution in [2.45, 2.75) is 6.54 Å². The Labute approximate surface area is 137 Å². The summed E-state index contributed by atoms with van der Waals surface area (Å²) >= 11 is 5.87. The number of rotatable bonds is 4. The molecule has 0 aliphatic heterocycles. The third-order valence-electron chi connectivity index (χ3n) is 3.29. The van der Waals surface area contributed by atoms with Crippen molar-refractivity contribution < 1.29 is 9.18 Å². The van der Waals surface area contributed by atoms with E-state index in [2.05, 4.69) is 10.4 Å². The highest BCUT2D eigenvalue weighted by molar-refractivity contribution is 6.33. The Balaban J connectivity index is 1.67. The molecule has 2 aromatic carbocycles. The van der Waals surface area contributed by atoms with Crippen LogP contribution < -0.4 is 5.32 Å². The van der Waals surface area contributed by atoms with Crippen LogP contribution in [0, 0.1) is 5.82 Å². The van der Waals surface area contributed by atoms with Crippen LogP contribution in [0.25, 0.3) is 5.69 Å². The molecule has 1 N–H and O–H groups in total. The van der Waals surface area contributed by atoms with Crippen molar-refractivity contribution in [3.05, 3.63) is 82.9 Å². The first-order valence-corrected chi connectivity index (χ1v) is 7.33. The van der Waals surface area contributed by atoms with Crippen LogP contribution in [-0.4, -0.2) is 15.7 Å². The molecule has 0 saturated carbocycles. The molecule has 4 nitrogen and oxygen atoms in total. The van der Waals surface area contributed by atoms with Gasteiger partial charge >= 0.3 is 0 Å². The third kappa shape index (κ3) is 3.57. The molecule has 1 amide bonds. The van der Waals surface area contributed by atoms with Gasteiger partial charge in [0.1, 0.15) is 5.82 Å². The highest BCUT2D eigenvalue weighted by Gasteiger charge is 2.11. The number of carbonyl (C=O) groups is 1. The van der Waals surface area contributed by atoms with Gasteiger partial charge in [-0.3, -0.25) is 4.79 Å². The lowest BCUT2D eigenvalue weighted by molar-refractivity contribution is 0.0951. The molecule has 6 heteroatoms. The number of hydrogen-bond acceptors (Lipinski definition) is 2. The second-order valence-electron chi connectivity index (χ2n) is 4.94. The van der Waals surface area contributed by atoms with Gasteiger partial charge in [0.25, 0.3) is 5.91 Å². The number of benzene rings is 2. The Bertz CT molecular complexity index is 833. The molecule has 3 aromatic rings. The summed E-state index contributed by atoms with van der Waals surface area (Å²) in [6.45, 7) is 0.305. The number of nitrogens with one attached hydrogen (secondary N) is 1. The summed E-state index contributed by atoms with van der Waals surface area (Å²) in [7, 11) is 0. The number of hydrogen-bond donors (Lipinski definition) is 1. The third-order valence-corrected chi connectivity index (χ3v) is 3.60. The van der Waals surface area contributed by atoms with Crippen molar-refractivity contribution >= 4 is 17.5 Å². The van der Waals surface area contributed by atoms with Gasteiger partial charge in [0.05, 0.1) is 22.5 Å². The van der Waals surface area contributed by atoms with Gasteiger partial charge in [0.15, 0.2) is 0 Å². The summed E-state index contributed by atoms with van der Waals surface area (Å²) in [6, 6.07) is 13.3. The van der Waals surface area contributed by atoms with Gasteiger partial charge < -0.3 is 5.32 Å². The second kappa shape index (κ2) is 6.62. The van der Waals surface area contributed by atoms with E-state index in [1.54, 1.807) is 10.9 Å². The van der Waals surface area contributed by atoms with E-state index in [-0.39, 0.29) is 16.5 Å². The minimum Gasteiger partial charge on any atom is -0.348 e. The van der Waals surface area contributed by atoms with Crippen LogP contribution in [0.5, 0.6) is 0 Å². The molecule has 0 bridgehead atoms. The van der Waals surface area contributed by atoms with Crippen molar-refractivity contribution in [1.29, 1.82) is 0 Å². The molecule has 0 fully saturated rings. The summed E-state index contributed by atoms with van der Waals surface area (Å²) in [5.74, 6) is -0.835. The first kappa shape index (κ1) is 15.2. The predicted octanol–water partition coefficient (Wildman–Crippen LogP) is 3.59. The van der Waals surface area contributed by atoms with Gasteiger partial charge in [-0.15, -0.1) is 0 Å². The van der Waals surface area contributed by atoms with E-state index in [4.69, 9.17) is 11.6 Å². The molecule has 1 aromatic heterocycles. The van der Waals surface area contributed by atoms with E-state index in [0.717, 1.165) is 17.3 Å². The lowest BCUT2D eigenvalue weighted by Gasteiger charge is -2.05. The van der Waals surface area contributed by atoms with Crippen LogP contribution in [0.2, 0.25) is 5.02 Å². The number of carbonyl (C=O) groups excluding carboxylic acids is 1. The van der Waals surface area contributed by atoms with E-state index >= 15 is 0 Å². The first-order chi connectivity index (χ1) is 11.1.